The van der Waals surface area contributed by atoms with E-state index < -0.39 is 0 Å². The third-order valence-electron chi connectivity index (χ3n) is 3.29. The normalized spacial score (nSPS) is 18.4. The molecule has 0 atom stereocenters. The van der Waals surface area contributed by atoms with Crippen molar-refractivity contribution < 1.29 is 0 Å². The van der Waals surface area contributed by atoms with E-state index in [1.165, 1.54) is 17.0 Å². The van der Waals surface area contributed by atoms with Crippen LogP contribution in [0.3, 0.4) is 0 Å². The average Bonchev–Trinajstić information content (AvgIpc) is 2.69. The topological polar surface area (TPSA) is 17.8 Å². The largest absolute Gasteiger partial charge is 0.327 e. The second-order valence-corrected chi connectivity index (χ2v) is 4.41. The summed E-state index contributed by atoms with van der Waals surface area (Å²) in [5.41, 5.74) is 3.80. The molecule has 1 aromatic heterocycles. The fourth-order valence-corrected chi connectivity index (χ4v) is 2.41. The first-order valence-electron chi connectivity index (χ1n) is 5.95. The highest BCUT2D eigenvalue weighted by atomic mass is 15.1. The van der Waals surface area contributed by atoms with E-state index in [0.717, 1.165) is 31.5 Å². The van der Waals surface area contributed by atoms with E-state index >= 15 is 0 Å². The molecule has 0 saturated carbocycles. The van der Waals surface area contributed by atoms with Crippen LogP contribution in [0, 0.1) is 0 Å². The van der Waals surface area contributed by atoms with Crippen molar-refractivity contribution in [1.82, 2.24) is 9.55 Å². The van der Waals surface area contributed by atoms with Gasteiger partial charge in [0.05, 0.1) is 11.4 Å². The van der Waals surface area contributed by atoms with Crippen LogP contribution in [-0.2, 0) is 13.5 Å². The summed E-state index contributed by atoms with van der Waals surface area (Å²) in [7, 11) is 2.11. The van der Waals surface area contributed by atoms with E-state index in [4.69, 9.17) is 4.98 Å². The van der Waals surface area contributed by atoms with E-state index in [0.29, 0.717) is 0 Å². The zero-order valence-corrected chi connectivity index (χ0v) is 9.61. The number of hydrogen-bond donors (Lipinski definition) is 0. The summed E-state index contributed by atoms with van der Waals surface area (Å²) < 4.78 is 2.21. The highest BCUT2D eigenvalue weighted by molar-refractivity contribution is 5.72. The maximum absolute atomic E-state index is 4.77. The van der Waals surface area contributed by atoms with E-state index in [2.05, 4.69) is 42.0 Å². The molecule has 0 bridgehead atoms. The molecule has 0 aromatic carbocycles. The molecule has 3 rings (SSSR count). The van der Waals surface area contributed by atoms with Gasteiger partial charge in [0.1, 0.15) is 5.82 Å². The summed E-state index contributed by atoms with van der Waals surface area (Å²) >= 11 is 0. The van der Waals surface area contributed by atoms with Crippen molar-refractivity contribution in [3.63, 3.8) is 0 Å². The van der Waals surface area contributed by atoms with Crippen LogP contribution in [0.15, 0.2) is 24.3 Å². The molecule has 0 N–H and O–H groups in total. The van der Waals surface area contributed by atoms with Gasteiger partial charge < -0.3 is 4.57 Å². The molecule has 1 heterocycles. The Hall–Kier alpha value is -1.57. The first kappa shape index (κ1) is 9.64. The number of aromatic nitrogens is 2. The van der Waals surface area contributed by atoms with Gasteiger partial charge in [-0.15, -0.1) is 0 Å². The summed E-state index contributed by atoms with van der Waals surface area (Å²) in [4.78, 5) is 4.77. The fourth-order valence-electron chi connectivity index (χ4n) is 2.41. The van der Waals surface area contributed by atoms with Crippen LogP contribution in [0.1, 0.15) is 36.5 Å². The maximum Gasteiger partial charge on any atom is 0.140 e. The molecule has 0 aliphatic heterocycles. The van der Waals surface area contributed by atoms with Gasteiger partial charge in [-0.05, 0) is 31.8 Å². The fraction of sp³-hybridized carbons (Fsp3) is 0.357. The summed E-state index contributed by atoms with van der Waals surface area (Å²) in [6.45, 7) is 0. The quantitative estimate of drug-likeness (QED) is 0.699. The van der Waals surface area contributed by atoms with Crippen LogP contribution < -0.4 is 0 Å². The lowest BCUT2D eigenvalue weighted by molar-refractivity contribution is 0.870. The lowest BCUT2D eigenvalue weighted by Crippen LogP contribution is -2.00. The smallest absolute Gasteiger partial charge is 0.140 e. The molecule has 0 amide bonds. The van der Waals surface area contributed by atoms with E-state index in [-0.39, 0.29) is 0 Å². The predicted octanol–water partition coefficient (Wildman–Crippen LogP) is 3.11. The van der Waals surface area contributed by atoms with Crippen molar-refractivity contribution in [1.29, 1.82) is 0 Å². The van der Waals surface area contributed by atoms with Crippen LogP contribution in [0.4, 0.5) is 0 Å². The van der Waals surface area contributed by atoms with Crippen LogP contribution in [-0.4, -0.2) is 9.55 Å². The number of hydrogen-bond acceptors (Lipinski definition) is 1. The van der Waals surface area contributed by atoms with Crippen LogP contribution in [0.5, 0.6) is 0 Å². The number of aryl methyl sites for hydroxylation is 1. The minimum atomic E-state index is 1.08. The first-order chi connectivity index (χ1) is 7.86. The van der Waals surface area contributed by atoms with Gasteiger partial charge in [-0.25, -0.2) is 4.98 Å². The molecule has 1 aromatic rings. The van der Waals surface area contributed by atoms with Gasteiger partial charge in [-0.3, -0.25) is 0 Å². The molecule has 2 aliphatic rings. The Balaban J connectivity index is 2.08. The first-order valence-corrected chi connectivity index (χ1v) is 5.95. The lowest BCUT2D eigenvalue weighted by atomic mass is 10.1. The molecular formula is C14H16N2. The number of fused-ring (bicyclic) bond motifs is 1. The molecule has 0 fully saturated rings. The van der Waals surface area contributed by atoms with Gasteiger partial charge in [-0.1, -0.05) is 24.3 Å². The number of rotatable bonds is 1. The Bertz CT molecular complexity index is 501. The molecule has 2 aliphatic carbocycles. The Morgan fingerprint density at radius 3 is 2.75 bits per heavy atom. The predicted molar refractivity (Wildman–Crippen MR) is 66.9 cm³/mol. The number of allylic oxidation sites excluding steroid dienone is 5. The van der Waals surface area contributed by atoms with Crippen LogP contribution in [0.2, 0.25) is 0 Å². The minimum Gasteiger partial charge on any atom is -0.327 e. The second kappa shape index (κ2) is 3.78. The summed E-state index contributed by atoms with van der Waals surface area (Å²) in [6.07, 6.45) is 15.7. The molecular weight excluding hydrogens is 196 g/mol. The zero-order valence-electron chi connectivity index (χ0n) is 9.61. The van der Waals surface area contributed by atoms with Crippen molar-refractivity contribution in [3.8, 4) is 0 Å². The highest BCUT2D eigenvalue weighted by Gasteiger charge is 2.16. The summed E-state index contributed by atoms with van der Waals surface area (Å²) in [6, 6.07) is 0. The Labute approximate surface area is 96.0 Å². The Kier molecular flexibility index (Phi) is 2.28. The minimum absolute atomic E-state index is 1.08. The Morgan fingerprint density at radius 2 is 2.00 bits per heavy atom. The monoisotopic (exact) mass is 212 g/mol. The third kappa shape index (κ3) is 1.45. The molecule has 16 heavy (non-hydrogen) atoms. The van der Waals surface area contributed by atoms with Gasteiger partial charge in [0, 0.05) is 12.6 Å². The third-order valence-corrected chi connectivity index (χ3v) is 3.29. The van der Waals surface area contributed by atoms with Crippen molar-refractivity contribution in [2.75, 3.05) is 0 Å². The van der Waals surface area contributed by atoms with Crippen molar-refractivity contribution >= 4 is 11.6 Å². The van der Waals surface area contributed by atoms with E-state index in [1.54, 1.807) is 0 Å². The number of nitrogens with zero attached hydrogens (tertiary/aromatic N) is 2. The molecule has 0 spiro atoms. The Morgan fingerprint density at radius 1 is 1.12 bits per heavy atom. The van der Waals surface area contributed by atoms with Gasteiger partial charge in [0.15, 0.2) is 0 Å². The van der Waals surface area contributed by atoms with Crippen molar-refractivity contribution in [3.05, 3.63) is 41.5 Å². The number of imidazole rings is 1. The maximum atomic E-state index is 4.77. The zero-order chi connectivity index (χ0) is 11.0. The molecule has 2 heteroatoms. The summed E-state index contributed by atoms with van der Waals surface area (Å²) in [5, 5.41) is 0. The van der Waals surface area contributed by atoms with Gasteiger partial charge in [0.25, 0.3) is 0 Å². The second-order valence-electron chi connectivity index (χ2n) is 4.41. The van der Waals surface area contributed by atoms with Gasteiger partial charge >= 0.3 is 0 Å². The molecule has 0 radical (unpaired) electrons. The summed E-state index contributed by atoms with van der Waals surface area (Å²) in [5.74, 6) is 1.12. The SMILES string of the molecule is Cn1c(C2=CCCC=C2)nc2c1C=CCC2. The van der Waals surface area contributed by atoms with E-state index in [9.17, 15) is 0 Å². The van der Waals surface area contributed by atoms with Crippen molar-refractivity contribution in [2.24, 2.45) is 7.05 Å². The molecule has 0 saturated heterocycles. The highest BCUT2D eigenvalue weighted by Crippen LogP contribution is 2.25. The van der Waals surface area contributed by atoms with Gasteiger partial charge in [0.2, 0.25) is 0 Å². The average molecular weight is 212 g/mol. The van der Waals surface area contributed by atoms with Crippen molar-refractivity contribution in [2.45, 2.75) is 25.7 Å². The lowest BCUT2D eigenvalue weighted by Gasteiger charge is -2.08. The van der Waals surface area contributed by atoms with Crippen LogP contribution >= 0.6 is 0 Å². The van der Waals surface area contributed by atoms with E-state index in [1.807, 2.05) is 0 Å². The van der Waals surface area contributed by atoms with Gasteiger partial charge in [-0.2, -0.15) is 0 Å². The molecule has 0 unspecified atom stereocenters. The molecule has 2 nitrogen and oxygen atoms in total. The molecule has 82 valence electrons. The standard InChI is InChI=1S/C14H16N2/c1-16-13-10-6-5-9-12(13)15-14(16)11-7-3-2-4-8-11/h3,6-8,10H,2,4-5,9H2,1H3. The van der Waals surface area contributed by atoms with Crippen LogP contribution in [0.25, 0.3) is 11.6 Å².